The van der Waals surface area contributed by atoms with Crippen molar-refractivity contribution >= 4 is 5.82 Å². The number of anilines is 1. The fraction of sp³-hybridized carbons (Fsp3) is 0.474. The lowest BCUT2D eigenvalue weighted by Crippen LogP contribution is -2.51. The summed E-state index contributed by atoms with van der Waals surface area (Å²) in [7, 11) is 0. The molecule has 0 N–H and O–H groups in total. The Kier molecular flexibility index (Phi) is 4.71. The Bertz CT molecular complexity index is 657. The van der Waals surface area contributed by atoms with Crippen LogP contribution in [0, 0.1) is 0 Å². The van der Waals surface area contributed by atoms with Crippen molar-refractivity contribution in [3.8, 4) is 11.4 Å². The van der Waals surface area contributed by atoms with Crippen molar-refractivity contribution in [2.24, 2.45) is 0 Å². The maximum atomic E-state index is 5.49. The van der Waals surface area contributed by atoms with E-state index in [1.165, 1.54) is 12.8 Å². The normalized spacial score (nSPS) is 22.5. The number of piperidine rings is 1. The number of benzene rings is 1. The first kappa shape index (κ1) is 15.5. The maximum Gasteiger partial charge on any atom is 0.161 e. The van der Waals surface area contributed by atoms with Gasteiger partial charge in [0.15, 0.2) is 5.82 Å². The van der Waals surface area contributed by atoms with Crippen LogP contribution in [0.5, 0.6) is 0 Å². The molecular weight excluding hydrogens is 300 g/mol. The number of morpholine rings is 1. The van der Waals surface area contributed by atoms with Crippen LogP contribution >= 0.6 is 0 Å². The standard InChI is InChI=1S/C19H24N4O/c1-2-5-16(6-3-1)19-20-9-8-18(21-19)23-10-4-7-17(15-23)22-11-13-24-14-12-22/h1-3,5-6,8-9,17H,4,7,10-15H2/t17-/m0/s1. The predicted molar refractivity (Wildman–Crippen MR) is 95.1 cm³/mol. The molecule has 0 aliphatic carbocycles. The van der Waals surface area contributed by atoms with E-state index >= 15 is 0 Å². The van der Waals surface area contributed by atoms with Crippen molar-refractivity contribution in [2.75, 3.05) is 44.3 Å². The van der Waals surface area contributed by atoms with Gasteiger partial charge in [0.05, 0.1) is 13.2 Å². The summed E-state index contributed by atoms with van der Waals surface area (Å²) in [5, 5.41) is 0. The third-order valence-corrected chi connectivity index (χ3v) is 4.96. The van der Waals surface area contributed by atoms with Gasteiger partial charge < -0.3 is 9.64 Å². The van der Waals surface area contributed by atoms with Gasteiger partial charge in [-0.2, -0.15) is 0 Å². The minimum absolute atomic E-state index is 0.609. The first-order valence-electron chi connectivity index (χ1n) is 8.85. The zero-order valence-electron chi connectivity index (χ0n) is 14.0. The molecule has 1 aromatic carbocycles. The van der Waals surface area contributed by atoms with Crippen molar-refractivity contribution < 1.29 is 4.74 Å². The summed E-state index contributed by atoms with van der Waals surface area (Å²) in [4.78, 5) is 14.3. The molecule has 1 aromatic heterocycles. The monoisotopic (exact) mass is 324 g/mol. The van der Waals surface area contributed by atoms with Crippen LogP contribution in [0.3, 0.4) is 0 Å². The summed E-state index contributed by atoms with van der Waals surface area (Å²) >= 11 is 0. The third-order valence-electron chi connectivity index (χ3n) is 4.96. The van der Waals surface area contributed by atoms with E-state index in [1.54, 1.807) is 0 Å². The van der Waals surface area contributed by atoms with Gasteiger partial charge >= 0.3 is 0 Å². The number of ether oxygens (including phenoxy) is 1. The summed E-state index contributed by atoms with van der Waals surface area (Å²) in [6.45, 7) is 5.96. The van der Waals surface area contributed by atoms with E-state index in [9.17, 15) is 0 Å². The predicted octanol–water partition coefficient (Wildman–Crippen LogP) is 2.44. The molecule has 1 atom stereocenters. The number of rotatable bonds is 3. The second kappa shape index (κ2) is 7.28. The Balaban J connectivity index is 1.50. The van der Waals surface area contributed by atoms with Gasteiger partial charge in [-0.1, -0.05) is 30.3 Å². The minimum atomic E-state index is 0.609. The summed E-state index contributed by atoms with van der Waals surface area (Å²) in [6.07, 6.45) is 4.36. The lowest BCUT2D eigenvalue weighted by Gasteiger charge is -2.41. The van der Waals surface area contributed by atoms with Gasteiger partial charge in [0.25, 0.3) is 0 Å². The smallest absolute Gasteiger partial charge is 0.161 e. The zero-order chi connectivity index (χ0) is 16.2. The van der Waals surface area contributed by atoms with Crippen LogP contribution in [0.25, 0.3) is 11.4 Å². The highest BCUT2D eigenvalue weighted by molar-refractivity contribution is 5.57. The van der Waals surface area contributed by atoms with Crippen LogP contribution < -0.4 is 4.90 Å². The summed E-state index contributed by atoms with van der Waals surface area (Å²) in [6, 6.07) is 12.8. The van der Waals surface area contributed by atoms with Crippen molar-refractivity contribution in [2.45, 2.75) is 18.9 Å². The maximum absolute atomic E-state index is 5.49. The number of hydrogen-bond donors (Lipinski definition) is 0. The van der Waals surface area contributed by atoms with Crippen molar-refractivity contribution in [3.63, 3.8) is 0 Å². The second-order valence-corrected chi connectivity index (χ2v) is 6.49. The molecule has 24 heavy (non-hydrogen) atoms. The first-order chi connectivity index (χ1) is 11.9. The second-order valence-electron chi connectivity index (χ2n) is 6.49. The average Bonchev–Trinajstić information content (AvgIpc) is 2.70. The molecule has 126 valence electrons. The largest absolute Gasteiger partial charge is 0.379 e. The molecule has 2 aliphatic heterocycles. The van der Waals surface area contributed by atoms with E-state index in [2.05, 4.69) is 26.9 Å². The van der Waals surface area contributed by atoms with Crippen molar-refractivity contribution in [1.82, 2.24) is 14.9 Å². The molecule has 2 fully saturated rings. The van der Waals surface area contributed by atoms with Gasteiger partial charge in [0, 0.05) is 44.0 Å². The highest BCUT2D eigenvalue weighted by Gasteiger charge is 2.27. The average molecular weight is 324 g/mol. The summed E-state index contributed by atoms with van der Waals surface area (Å²) < 4.78 is 5.49. The molecule has 2 saturated heterocycles. The van der Waals surface area contributed by atoms with Gasteiger partial charge in [-0.05, 0) is 18.9 Å². The molecule has 0 unspecified atom stereocenters. The van der Waals surface area contributed by atoms with Crippen LogP contribution in [0.1, 0.15) is 12.8 Å². The fourth-order valence-corrected chi connectivity index (χ4v) is 3.66. The lowest BCUT2D eigenvalue weighted by molar-refractivity contribution is 0.0137. The molecule has 3 heterocycles. The molecule has 4 rings (SSSR count). The molecule has 0 amide bonds. The van der Waals surface area contributed by atoms with Gasteiger partial charge in [-0.15, -0.1) is 0 Å². The van der Waals surface area contributed by atoms with Gasteiger partial charge in [0.2, 0.25) is 0 Å². The minimum Gasteiger partial charge on any atom is -0.379 e. The number of hydrogen-bond acceptors (Lipinski definition) is 5. The zero-order valence-corrected chi connectivity index (χ0v) is 14.0. The Labute approximate surface area is 143 Å². The quantitative estimate of drug-likeness (QED) is 0.867. The van der Waals surface area contributed by atoms with E-state index < -0.39 is 0 Å². The molecule has 5 heteroatoms. The molecule has 2 aliphatic rings. The number of aromatic nitrogens is 2. The van der Waals surface area contributed by atoms with E-state index in [1.807, 2.05) is 30.5 Å². The molecular formula is C19H24N4O. The molecule has 0 saturated carbocycles. The van der Waals surface area contributed by atoms with Gasteiger partial charge in [0.1, 0.15) is 5.82 Å². The fourth-order valence-electron chi connectivity index (χ4n) is 3.66. The highest BCUT2D eigenvalue weighted by atomic mass is 16.5. The van der Waals surface area contributed by atoms with E-state index in [0.29, 0.717) is 6.04 Å². The first-order valence-corrected chi connectivity index (χ1v) is 8.85. The van der Waals surface area contributed by atoms with E-state index in [0.717, 1.165) is 56.6 Å². The van der Waals surface area contributed by atoms with Crippen molar-refractivity contribution in [3.05, 3.63) is 42.6 Å². The van der Waals surface area contributed by atoms with Crippen LogP contribution in [0.2, 0.25) is 0 Å². The molecule has 0 radical (unpaired) electrons. The van der Waals surface area contributed by atoms with E-state index in [-0.39, 0.29) is 0 Å². The number of nitrogens with zero attached hydrogens (tertiary/aromatic N) is 4. The van der Waals surface area contributed by atoms with Crippen molar-refractivity contribution in [1.29, 1.82) is 0 Å². The summed E-state index contributed by atoms with van der Waals surface area (Å²) in [5.41, 5.74) is 1.07. The van der Waals surface area contributed by atoms with Gasteiger partial charge in [-0.25, -0.2) is 9.97 Å². The van der Waals surface area contributed by atoms with E-state index in [4.69, 9.17) is 9.72 Å². The molecule has 0 bridgehead atoms. The Morgan fingerprint density at radius 3 is 2.67 bits per heavy atom. The van der Waals surface area contributed by atoms with Crippen LogP contribution in [-0.2, 0) is 4.74 Å². The highest BCUT2D eigenvalue weighted by Crippen LogP contribution is 2.23. The van der Waals surface area contributed by atoms with Crippen LogP contribution in [0.4, 0.5) is 5.82 Å². The van der Waals surface area contributed by atoms with Gasteiger partial charge in [-0.3, -0.25) is 4.90 Å². The Morgan fingerprint density at radius 1 is 1.00 bits per heavy atom. The summed E-state index contributed by atoms with van der Waals surface area (Å²) in [5.74, 6) is 1.85. The topological polar surface area (TPSA) is 41.5 Å². The Hall–Kier alpha value is -1.98. The third kappa shape index (κ3) is 3.42. The molecule has 0 spiro atoms. The Morgan fingerprint density at radius 2 is 1.83 bits per heavy atom. The molecule has 5 nitrogen and oxygen atoms in total. The molecule has 2 aromatic rings. The van der Waals surface area contributed by atoms with Crippen LogP contribution in [0.15, 0.2) is 42.6 Å². The SMILES string of the molecule is c1ccc(-c2nccc(N3CCC[C@H](N4CCOCC4)C3)n2)cc1. The van der Waals surface area contributed by atoms with Crippen LogP contribution in [-0.4, -0.2) is 60.3 Å². The lowest BCUT2D eigenvalue weighted by atomic mass is 10.0.